The summed E-state index contributed by atoms with van der Waals surface area (Å²) in [5.74, 6) is 0.0848. The van der Waals surface area contributed by atoms with Gasteiger partial charge in [0.2, 0.25) is 5.91 Å². The Morgan fingerprint density at radius 1 is 1.50 bits per heavy atom. The van der Waals surface area contributed by atoms with Gasteiger partial charge in [0.15, 0.2) is 0 Å². The molecule has 1 amide bonds. The molecule has 1 aliphatic carbocycles. The van der Waals surface area contributed by atoms with Crippen LogP contribution in [0.1, 0.15) is 6.42 Å². The van der Waals surface area contributed by atoms with Crippen LogP contribution < -0.4 is 11.1 Å². The molecule has 0 bridgehead atoms. The normalized spacial score (nSPS) is 23.4. The number of hydrogen-bond acceptors (Lipinski definition) is 4. The van der Waals surface area contributed by atoms with Gasteiger partial charge in [-0.05, 0) is 6.42 Å². The summed E-state index contributed by atoms with van der Waals surface area (Å²) in [6.07, 6.45) is 5.57. The Hall–Kier alpha value is -1.46. The number of carbonyl (C=O) groups excluding carboxylic acids is 1. The third-order valence-corrected chi connectivity index (χ3v) is 2.55. The molecule has 5 nitrogen and oxygen atoms in total. The molecule has 0 saturated carbocycles. The lowest BCUT2D eigenvalue weighted by Crippen LogP contribution is -2.24. The maximum Gasteiger partial charge on any atom is 0.232 e. The topological polar surface area (TPSA) is 80.9 Å². The predicted octanol–water partition coefficient (Wildman–Crippen LogP) is 0.972. The Morgan fingerprint density at radius 3 is 2.94 bits per heavy atom. The fraction of sp³-hybridized carbons (Fsp3) is 0.300. The molecular weight excluding hydrogens is 228 g/mol. The van der Waals surface area contributed by atoms with Gasteiger partial charge in [-0.1, -0.05) is 23.8 Å². The first-order chi connectivity index (χ1) is 7.65. The van der Waals surface area contributed by atoms with Crippen LogP contribution in [-0.2, 0) is 4.79 Å². The third kappa shape index (κ3) is 2.56. The van der Waals surface area contributed by atoms with Gasteiger partial charge in [-0.15, -0.1) is 0 Å². The first kappa shape index (κ1) is 11.0. The van der Waals surface area contributed by atoms with Crippen molar-refractivity contribution >= 4 is 23.3 Å². The number of nitrogens with one attached hydrogen (secondary N) is 1. The Balaban J connectivity index is 2.00. The second-order valence-corrected chi connectivity index (χ2v) is 3.99. The fourth-order valence-electron chi connectivity index (χ4n) is 1.54. The van der Waals surface area contributed by atoms with Crippen LogP contribution in [-0.4, -0.2) is 21.9 Å². The number of hydrogen-bond donors (Lipinski definition) is 2. The van der Waals surface area contributed by atoms with Gasteiger partial charge < -0.3 is 11.1 Å². The minimum Gasteiger partial charge on any atom is -0.324 e. The van der Waals surface area contributed by atoms with Crippen molar-refractivity contribution in [3.05, 3.63) is 29.7 Å². The molecule has 2 rings (SSSR count). The van der Waals surface area contributed by atoms with Crippen LogP contribution in [0.2, 0.25) is 5.15 Å². The molecule has 84 valence electrons. The van der Waals surface area contributed by atoms with Gasteiger partial charge in [0.1, 0.15) is 17.3 Å². The van der Waals surface area contributed by atoms with E-state index in [9.17, 15) is 4.79 Å². The summed E-state index contributed by atoms with van der Waals surface area (Å²) >= 11 is 5.67. The van der Waals surface area contributed by atoms with Crippen molar-refractivity contribution < 1.29 is 4.79 Å². The van der Waals surface area contributed by atoms with Gasteiger partial charge in [-0.2, -0.15) is 0 Å². The van der Waals surface area contributed by atoms with Crippen LogP contribution in [0.15, 0.2) is 24.5 Å². The lowest BCUT2D eigenvalue weighted by molar-refractivity contribution is -0.118. The molecule has 2 atom stereocenters. The molecule has 1 heterocycles. The van der Waals surface area contributed by atoms with Crippen molar-refractivity contribution in [3.63, 3.8) is 0 Å². The molecule has 1 aromatic heterocycles. The minimum atomic E-state index is -0.191. The summed E-state index contributed by atoms with van der Waals surface area (Å²) < 4.78 is 0. The van der Waals surface area contributed by atoms with Crippen LogP contribution in [0.5, 0.6) is 0 Å². The molecule has 16 heavy (non-hydrogen) atoms. The van der Waals surface area contributed by atoms with Crippen LogP contribution in [0.3, 0.4) is 0 Å². The Kier molecular flexibility index (Phi) is 3.17. The summed E-state index contributed by atoms with van der Waals surface area (Å²) in [6.45, 7) is 0. The average molecular weight is 239 g/mol. The third-order valence-electron chi connectivity index (χ3n) is 2.34. The Labute approximate surface area is 97.7 Å². The quantitative estimate of drug-likeness (QED) is 0.594. The van der Waals surface area contributed by atoms with Crippen molar-refractivity contribution in [2.45, 2.75) is 12.5 Å². The van der Waals surface area contributed by atoms with E-state index in [2.05, 4.69) is 15.3 Å². The highest BCUT2D eigenvalue weighted by Gasteiger charge is 2.22. The number of rotatable bonds is 2. The van der Waals surface area contributed by atoms with Gasteiger partial charge in [0.25, 0.3) is 0 Å². The van der Waals surface area contributed by atoms with E-state index in [-0.39, 0.29) is 17.9 Å². The SMILES string of the molecule is NC1C=CC(C(=O)Nc2cc(Cl)ncn2)C1. The van der Waals surface area contributed by atoms with E-state index in [0.29, 0.717) is 17.4 Å². The first-order valence-electron chi connectivity index (χ1n) is 4.87. The smallest absolute Gasteiger partial charge is 0.232 e. The van der Waals surface area contributed by atoms with E-state index in [4.69, 9.17) is 17.3 Å². The molecule has 3 N–H and O–H groups in total. The number of halogens is 1. The molecule has 6 heteroatoms. The van der Waals surface area contributed by atoms with Crippen molar-refractivity contribution in [1.29, 1.82) is 0 Å². The maximum atomic E-state index is 11.8. The van der Waals surface area contributed by atoms with E-state index in [1.807, 2.05) is 12.2 Å². The summed E-state index contributed by atoms with van der Waals surface area (Å²) in [7, 11) is 0. The highest BCUT2D eigenvalue weighted by atomic mass is 35.5. The maximum absolute atomic E-state index is 11.8. The number of aromatic nitrogens is 2. The van der Waals surface area contributed by atoms with Gasteiger partial charge in [-0.25, -0.2) is 9.97 Å². The van der Waals surface area contributed by atoms with E-state index < -0.39 is 0 Å². The minimum absolute atomic E-state index is 0.0373. The summed E-state index contributed by atoms with van der Waals surface area (Å²) in [5.41, 5.74) is 5.67. The highest BCUT2D eigenvalue weighted by molar-refractivity contribution is 6.29. The Morgan fingerprint density at radius 2 is 2.31 bits per heavy atom. The van der Waals surface area contributed by atoms with E-state index in [1.54, 1.807) is 0 Å². The van der Waals surface area contributed by atoms with Crippen molar-refractivity contribution in [1.82, 2.24) is 9.97 Å². The highest BCUT2D eigenvalue weighted by Crippen LogP contribution is 2.18. The van der Waals surface area contributed by atoms with Crippen LogP contribution in [0.4, 0.5) is 5.82 Å². The molecule has 0 fully saturated rings. The second kappa shape index (κ2) is 4.59. The van der Waals surface area contributed by atoms with Crippen molar-refractivity contribution in [2.24, 2.45) is 11.7 Å². The standard InChI is InChI=1S/C10H11ClN4O/c11-8-4-9(14-5-13-8)15-10(16)6-1-2-7(12)3-6/h1-2,4-7H,3,12H2,(H,13,14,15,16). The van der Waals surface area contributed by atoms with Crippen LogP contribution in [0.25, 0.3) is 0 Å². The average Bonchev–Trinajstić information content (AvgIpc) is 2.65. The summed E-state index contributed by atoms with van der Waals surface area (Å²) in [6, 6.07) is 1.46. The summed E-state index contributed by atoms with van der Waals surface area (Å²) in [4.78, 5) is 19.4. The van der Waals surface area contributed by atoms with Crippen LogP contribution >= 0.6 is 11.6 Å². The summed E-state index contributed by atoms with van der Waals surface area (Å²) in [5, 5.41) is 2.96. The first-order valence-corrected chi connectivity index (χ1v) is 5.25. The number of nitrogens with two attached hydrogens (primary N) is 1. The molecule has 0 saturated heterocycles. The van der Waals surface area contributed by atoms with Crippen LogP contribution in [0, 0.1) is 5.92 Å². The zero-order valence-electron chi connectivity index (χ0n) is 8.43. The molecule has 2 unspecified atom stereocenters. The molecule has 0 radical (unpaired) electrons. The van der Waals surface area contributed by atoms with Gasteiger partial charge in [0.05, 0.1) is 5.92 Å². The van der Waals surface area contributed by atoms with E-state index in [0.717, 1.165) is 0 Å². The monoisotopic (exact) mass is 238 g/mol. The molecule has 0 aliphatic heterocycles. The molecule has 0 aromatic carbocycles. The molecule has 0 spiro atoms. The number of carbonyl (C=O) groups is 1. The molecule has 1 aromatic rings. The predicted molar refractivity (Wildman–Crippen MR) is 60.9 cm³/mol. The van der Waals surface area contributed by atoms with Gasteiger partial charge >= 0.3 is 0 Å². The van der Waals surface area contributed by atoms with E-state index >= 15 is 0 Å². The van der Waals surface area contributed by atoms with Crippen molar-refractivity contribution in [3.8, 4) is 0 Å². The van der Waals surface area contributed by atoms with Gasteiger partial charge in [-0.3, -0.25) is 4.79 Å². The fourth-order valence-corrected chi connectivity index (χ4v) is 1.69. The molecular formula is C10H11ClN4O. The number of amides is 1. The zero-order chi connectivity index (χ0) is 11.5. The van der Waals surface area contributed by atoms with E-state index in [1.165, 1.54) is 12.4 Å². The lowest BCUT2D eigenvalue weighted by Gasteiger charge is -2.09. The second-order valence-electron chi connectivity index (χ2n) is 3.61. The van der Waals surface area contributed by atoms with Gasteiger partial charge in [0, 0.05) is 12.1 Å². The lowest BCUT2D eigenvalue weighted by atomic mass is 10.1. The number of nitrogens with zero attached hydrogens (tertiary/aromatic N) is 2. The zero-order valence-corrected chi connectivity index (χ0v) is 9.19. The Bertz CT molecular complexity index is 435. The largest absolute Gasteiger partial charge is 0.324 e. The van der Waals surface area contributed by atoms with Crippen molar-refractivity contribution in [2.75, 3.05) is 5.32 Å². The molecule has 1 aliphatic rings. The number of anilines is 1.